The van der Waals surface area contributed by atoms with Crippen LogP contribution in [0.2, 0.25) is 5.02 Å². The molecule has 1 atom stereocenters. The van der Waals surface area contributed by atoms with E-state index in [-0.39, 0.29) is 18.2 Å². The normalized spacial score (nSPS) is 13.9. The van der Waals surface area contributed by atoms with Gasteiger partial charge in [-0.3, -0.25) is 14.6 Å². The van der Waals surface area contributed by atoms with Crippen LogP contribution in [0.15, 0.2) is 67.0 Å². The van der Waals surface area contributed by atoms with E-state index in [9.17, 15) is 9.59 Å². The quantitative estimate of drug-likeness (QED) is 0.636. The lowest BCUT2D eigenvalue weighted by Crippen LogP contribution is -2.37. The summed E-state index contributed by atoms with van der Waals surface area (Å²) < 4.78 is 0. The summed E-state index contributed by atoms with van der Waals surface area (Å²) in [7, 11) is 0. The van der Waals surface area contributed by atoms with Crippen LogP contribution in [0, 0.1) is 0 Å². The van der Waals surface area contributed by atoms with Crippen molar-refractivity contribution in [2.45, 2.75) is 25.4 Å². The topological polar surface area (TPSA) is 88.3 Å². The van der Waals surface area contributed by atoms with Gasteiger partial charge < -0.3 is 16.0 Å². The summed E-state index contributed by atoms with van der Waals surface area (Å²) in [5.41, 5.74) is 10.6. The lowest BCUT2D eigenvalue weighted by atomic mass is 9.98. The molecule has 0 radical (unpaired) electrons. The number of fused-ring (bicyclic) bond motifs is 1. The second-order valence-corrected chi connectivity index (χ2v) is 8.04. The van der Waals surface area contributed by atoms with Crippen molar-refractivity contribution in [3.05, 3.63) is 94.3 Å². The third-order valence-electron chi connectivity index (χ3n) is 5.47. The molecule has 0 spiro atoms. The molecule has 2 heterocycles. The summed E-state index contributed by atoms with van der Waals surface area (Å²) in [5.74, 6) is -0.203. The van der Waals surface area contributed by atoms with Crippen LogP contribution < -0.4 is 11.1 Å². The van der Waals surface area contributed by atoms with E-state index < -0.39 is 6.04 Å². The fourth-order valence-electron chi connectivity index (χ4n) is 3.69. The number of pyridine rings is 1. The lowest BCUT2D eigenvalue weighted by Gasteiger charge is -2.30. The molecule has 7 heteroatoms. The summed E-state index contributed by atoms with van der Waals surface area (Å²) in [5, 5.41) is 3.49. The smallest absolute Gasteiger partial charge is 0.255 e. The SMILES string of the molecule is NC(CC(=O)N1CCc2ccc(Cl)cc2C1)c1ccc(C(=O)Nc2ccncc2)cc1. The summed E-state index contributed by atoms with van der Waals surface area (Å²) in [6, 6.07) is 15.9. The average molecular weight is 435 g/mol. The monoisotopic (exact) mass is 434 g/mol. The minimum absolute atomic E-state index is 0.0117. The molecule has 2 aromatic carbocycles. The standard InChI is InChI=1S/C24H23ClN4O2/c25-20-6-5-16-9-12-29(15-19(16)13-20)23(30)14-22(26)17-1-3-18(4-2-17)24(31)28-21-7-10-27-11-8-21/h1-8,10-11,13,22H,9,12,14-15,26H2,(H,27,28,31). The van der Waals surface area contributed by atoms with Gasteiger partial charge in [-0.1, -0.05) is 29.8 Å². The number of anilines is 1. The molecule has 2 amide bonds. The van der Waals surface area contributed by atoms with Gasteiger partial charge in [0, 0.05) is 54.2 Å². The van der Waals surface area contributed by atoms with Crippen LogP contribution in [0.3, 0.4) is 0 Å². The Morgan fingerprint density at radius 2 is 1.81 bits per heavy atom. The van der Waals surface area contributed by atoms with Crippen LogP contribution in [0.4, 0.5) is 5.69 Å². The van der Waals surface area contributed by atoms with Crippen LogP contribution in [0.25, 0.3) is 0 Å². The summed E-state index contributed by atoms with van der Waals surface area (Å²) >= 11 is 6.09. The molecule has 4 rings (SSSR count). The molecule has 0 saturated heterocycles. The summed E-state index contributed by atoms with van der Waals surface area (Å²) in [4.78, 5) is 30.9. The number of amides is 2. The number of benzene rings is 2. The second kappa shape index (κ2) is 9.29. The third kappa shape index (κ3) is 5.10. The van der Waals surface area contributed by atoms with Crippen molar-refractivity contribution in [2.24, 2.45) is 5.73 Å². The van der Waals surface area contributed by atoms with E-state index in [1.54, 1.807) is 48.8 Å². The highest BCUT2D eigenvalue weighted by atomic mass is 35.5. The van der Waals surface area contributed by atoms with E-state index in [1.165, 1.54) is 5.56 Å². The second-order valence-electron chi connectivity index (χ2n) is 7.60. The highest BCUT2D eigenvalue weighted by Crippen LogP contribution is 2.24. The van der Waals surface area contributed by atoms with Gasteiger partial charge in [0.05, 0.1) is 0 Å². The first-order valence-electron chi connectivity index (χ1n) is 10.1. The van der Waals surface area contributed by atoms with Gasteiger partial charge >= 0.3 is 0 Å². The molecule has 1 unspecified atom stereocenters. The lowest BCUT2D eigenvalue weighted by molar-refractivity contribution is -0.132. The zero-order chi connectivity index (χ0) is 21.8. The number of nitrogens with two attached hydrogens (primary N) is 1. The minimum Gasteiger partial charge on any atom is -0.338 e. The van der Waals surface area contributed by atoms with Gasteiger partial charge in [0.25, 0.3) is 5.91 Å². The van der Waals surface area contributed by atoms with Crippen molar-refractivity contribution in [3.63, 3.8) is 0 Å². The van der Waals surface area contributed by atoms with E-state index in [1.807, 2.05) is 23.1 Å². The first kappa shape index (κ1) is 21.0. The van der Waals surface area contributed by atoms with Crippen LogP contribution in [0.5, 0.6) is 0 Å². The number of hydrogen-bond donors (Lipinski definition) is 2. The summed E-state index contributed by atoms with van der Waals surface area (Å²) in [6.07, 6.45) is 4.25. The number of nitrogens with one attached hydrogen (secondary N) is 1. The van der Waals surface area contributed by atoms with Crippen LogP contribution in [0.1, 0.15) is 39.5 Å². The maximum Gasteiger partial charge on any atom is 0.255 e. The Bertz CT molecular complexity index is 1090. The Morgan fingerprint density at radius 3 is 2.55 bits per heavy atom. The van der Waals surface area contributed by atoms with Gasteiger partial charge in [-0.05, 0) is 59.5 Å². The van der Waals surface area contributed by atoms with Gasteiger partial charge in [-0.15, -0.1) is 0 Å². The van der Waals surface area contributed by atoms with Gasteiger partial charge in [0.1, 0.15) is 0 Å². The molecular formula is C24H23ClN4O2. The van der Waals surface area contributed by atoms with E-state index in [2.05, 4.69) is 10.3 Å². The maximum atomic E-state index is 12.8. The van der Waals surface area contributed by atoms with Crippen molar-refractivity contribution >= 4 is 29.1 Å². The number of hydrogen-bond acceptors (Lipinski definition) is 4. The Hall–Kier alpha value is -3.22. The predicted molar refractivity (Wildman–Crippen MR) is 121 cm³/mol. The Kier molecular flexibility index (Phi) is 6.30. The Labute approximate surface area is 186 Å². The van der Waals surface area contributed by atoms with Gasteiger partial charge in [0.2, 0.25) is 5.91 Å². The molecule has 0 aliphatic carbocycles. The number of halogens is 1. The fraction of sp³-hybridized carbons (Fsp3) is 0.208. The van der Waals surface area contributed by atoms with E-state index in [0.717, 1.165) is 17.5 Å². The van der Waals surface area contributed by atoms with Crippen molar-refractivity contribution in [2.75, 3.05) is 11.9 Å². The number of carbonyl (C=O) groups is 2. The molecule has 0 saturated carbocycles. The minimum atomic E-state index is -0.439. The number of aromatic nitrogens is 1. The number of nitrogens with zero attached hydrogens (tertiary/aromatic N) is 2. The van der Waals surface area contributed by atoms with E-state index in [0.29, 0.717) is 29.4 Å². The molecule has 1 aliphatic rings. The Balaban J connectivity index is 1.36. The van der Waals surface area contributed by atoms with Crippen LogP contribution >= 0.6 is 11.6 Å². The number of rotatable bonds is 5. The van der Waals surface area contributed by atoms with E-state index in [4.69, 9.17) is 17.3 Å². The largest absolute Gasteiger partial charge is 0.338 e. The summed E-state index contributed by atoms with van der Waals surface area (Å²) in [6.45, 7) is 1.23. The van der Waals surface area contributed by atoms with E-state index >= 15 is 0 Å². The predicted octanol–water partition coefficient (Wildman–Crippen LogP) is 3.96. The van der Waals surface area contributed by atoms with Crippen molar-refractivity contribution < 1.29 is 9.59 Å². The fourth-order valence-corrected chi connectivity index (χ4v) is 3.89. The van der Waals surface area contributed by atoms with Crippen LogP contribution in [-0.4, -0.2) is 28.2 Å². The van der Waals surface area contributed by atoms with Crippen molar-refractivity contribution in [1.29, 1.82) is 0 Å². The highest BCUT2D eigenvalue weighted by Gasteiger charge is 2.23. The molecular weight excluding hydrogens is 412 g/mol. The molecule has 3 N–H and O–H groups in total. The van der Waals surface area contributed by atoms with Gasteiger partial charge in [-0.25, -0.2) is 0 Å². The molecule has 31 heavy (non-hydrogen) atoms. The molecule has 6 nitrogen and oxygen atoms in total. The molecule has 0 bridgehead atoms. The van der Waals surface area contributed by atoms with Crippen molar-refractivity contribution in [1.82, 2.24) is 9.88 Å². The third-order valence-corrected chi connectivity index (χ3v) is 5.70. The van der Waals surface area contributed by atoms with Gasteiger partial charge in [0.15, 0.2) is 0 Å². The molecule has 1 aromatic heterocycles. The molecule has 0 fully saturated rings. The zero-order valence-electron chi connectivity index (χ0n) is 16.9. The zero-order valence-corrected chi connectivity index (χ0v) is 17.7. The first-order valence-corrected chi connectivity index (χ1v) is 10.5. The number of carbonyl (C=O) groups excluding carboxylic acids is 2. The highest BCUT2D eigenvalue weighted by molar-refractivity contribution is 6.30. The molecule has 1 aliphatic heterocycles. The van der Waals surface area contributed by atoms with Crippen LogP contribution in [-0.2, 0) is 17.8 Å². The first-order chi connectivity index (χ1) is 15.0. The maximum absolute atomic E-state index is 12.8. The van der Waals surface area contributed by atoms with Crippen molar-refractivity contribution in [3.8, 4) is 0 Å². The molecule has 3 aromatic rings. The Morgan fingerprint density at radius 1 is 1.06 bits per heavy atom. The van der Waals surface area contributed by atoms with Gasteiger partial charge in [-0.2, -0.15) is 0 Å². The average Bonchev–Trinajstić information content (AvgIpc) is 2.79. The molecule has 158 valence electrons.